The smallest absolute Gasteiger partial charge is 0.239 e. The minimum atomic E-state index is -0.143. The van der Waals surface area contributed by atoms with Crippen molar-refractivity contribution in [2.24, 2.45) is 0 Å². The van der Waals surface area contributed by atoms with Gasteiger partial charge in [0.05, 0.1) is 18.1 Å². The van der Waals surface area contributed by atoms with Crippen LogP contribution < -0.4 is 0 Å². The van der Waals surface area contributed by atoms with Gasteiger partial charge in [-0.1, -0.05) is 51.5 Å². The van der Waals surface area contributed by atoms with Crippen LogP contribution in [0.25, 0.3) is 0 Å². The van der Waals surface area contributed by atoms with Crippen LogP contribution in [0.4, 0.5) is 0 Å². The fourth-order valence-electron chi connectivity index (χ4n) is 2.43. The van der Waals surface area contributed by atoms with Crippen molar-refractivity contribution < 1.29 is 8.94 Å². The lowest BCUT2D eigenvalue weighted by molar-refractivity contribution is 0.364. The maximum Gasteiger partial charge on any atom is 0.239 e. The van der Waals surface area contributed by atoms with Crippen LogP contribution in [0.1, 0.15) is 76.0 Å². The number of thioether (sulfide) groups is 1. The molecular formula is C18H25N5O2S. The molecule has 0 aromatic carbocycles. The second-order valence-electron chi connectivity index (χ2n) is 7.63. The van der Waals surface area contributed by atoms with Gasteiger partial charge in [-0.05, 0) is 19.1 Å². The molecule has 0 spiro atoms. The molecule has 26 heavy (non-hydrogen) atoms. The van der Waals surface area contributed by atoms with Gasteiger partial charge in [0.15, 0.2) is 11.0 Å². The van der Waals surface area contributed by atoms with Gasteiger partial charge in [0.25, 0.3) is 0 Å². The van der Waals surface area contributed by atoms with Crippen LogP contribution in [-0.2, 0) is 12.0 Å². The zero-order chi connectivity index (χ0) is 18.9. The minimum absolute atomic E-state index is 0.0295. The van der Waals surface area contributed by atoms with E-state index in [2.05, 4.69) is 59.5 Å². The summed E-state index contributed by atoms with van der Waals surface area (Å²) in [5.41, 5.74) is -0.143. The molecule has 3 aromatic rings. The Labute approximate surface area is 157 Å². The van der Waals surface area contributed by atoms with Gasteiger partial charge in [0.1, 0.15) is 11.6 Å². The molecule has 7 nitrogen and oxygen atoms in total. The average Bonchev–Trinajstić information content (AvgIpc) is 3.27. The summed E-state index contributed by atoms with van der Waals surface area (Å²) in [6.45, 7) is 13.0. The molecule has 3 heterocycles. The predicted molar refractivity (Wildman–Crippen MR) is 99.2 cm³/mol. The van der Waals surface area contributed by atoms with Gasteiger partial charge in [0.2, 0.25) is 5.89 Å². The van der Waals surface area contributed by atoms with Crippen molar-refractivity contribution in [2.75, 3.05) is 0 Å². The molecule has 0 amide bonds. The van der Waals surface area contributed by atoms with Crippen LogP contribution >= 0.6 is 11.8 Å². The van der Waals surface area contributed by atoms with Crippen LogP contribution in [0.3, 0.4) is 0 Å². The Hall–Kier alpha value is -2.09. The van der Waals surface area contributed by atoms with Crippen molar-refractivity contribution in [1.29, 1.82) is 0 Å². The van der Waals surface area contributed by atoms with E-state index in [4.69, 9.17) is 8.94 Å². The highest BCUT2D eigenvalue weighted by molar-refractivity contribution is 7.99. The van der Waals surface area contributed by atoms with E-state index < -0.39 is 0 Å². The summed E-state index contributed by atoms with van der Waals surface area (Å²) in [4.78, 5) is 4.55. The van der Waals surface area contributed by atoms with Crippen molar-refractivity contribution in [2.45, 2.75) is 69.8 Å². The first kappa shape index (κ1) is 18.7. The molecule has 8 heteroatoms. The van der Waals surface area contributed by atoms with E-state index in [1.807, 2.05) is 19.1 Å². The van der Waals surface area contributed by atoms with Gasteiger partial charge in [-0.2, -0.15) is 4.98 Å². The van der Waals surface area contributed by atoms with Crippen molar-refractivity contribution in [3.05, 3.63) is 41.7 Å². The highest BCUT2D eigenvalue weighted by Gasteiger charge is 2.25. The third kappa shape index (κ3) is 4.00. The number of nitrogens with zero attached hydrogens (tertiary/aromatic N) is 5. The van der Waals surface area contributed by atoms with Crippen molar-refractivity contribution in [1.82, 2.24) is 24.9 Å². The second-order valence-corrected chi connectivity index (χ2v) is 8.94. The molecule has 0 N–H and O–H groups in total. The summed E-state index contributed by atoms with van der Waals surface area (Å²) in [6.07, 6.45) is 1.68. The highest BCUT2D eigenvalue weighted by atomic mass is 32.2. The molecule has 0 saturated carbocycles. The third-order valence-electron chi connectivity index (χ3n) is 3.90. The predicted octanol–water partition coefficient (Wildman–Crippen LogP) is 4.58. The number of rotatable bonds is 6. The molecule has 0 saturated heterocycles. The first-order chi connectivity index (χ1) is 12.3. The van der Waals surface area contributed by atoms with E-state index in [0.717, 1.165) is 16.7 Å². The van der Waals surface area contributed by atoms with Gasteiger partial charge in [-0.3, -0.25) is 4.57 Å². The fourth-order valence-corrected chi connectivity index (χ4v) is 3.32. The number of hydrogen-bond acceptors (Lipinski definition) is 7. The quantitative estimate of drug-likeness (QED) is 0.583. The Morgan fingerprint density at radius 2 is 1.96 bits per heavy atom. The highest BCUT2D eigenvalue weighted by Crippen LogP contribution is 2.35. The Bertz CT molecular complexity index is 845. The monoisotopic (exact) mass is 375 g/mol. The largest absolute Gasteiger partial charge is 0.467 e. The summed E-state index contributed by atoms with van der Waals surface area (Å²) in [5.74, 6) is 3.36. The van der Waals surface area contributed by atoms with E-state index >= 15 is 0 Å². The molecule has 0 fully saturated rings. The van der Waals surface area contributed by atoms with Gasteiger partial charge in [-0.25, -0.2) is 0 Å². The van der Waals surface area contributed by atoms with E-state index in [1.165, 1.54) is 0 Å². The second kappa shape index (κ2) is 7.26. The third-order valence-corrected chi connectivity index (χ3v) is 4.97. The van der Waals surface area contributed by atoms with Gasteiger partial charge >= 0.3 is 0 Å². The van der Waals surface area contributed by atoms with Crippen LogP contribution in [0.2, 0.25) is 0 Å². The standard InChI is InChI=1S/C18H25N5O2S/c1-11(2)14-20-21-17(23(14)10-13-8-7-9-24-13)26-12(3)15-19-16(22-25-15)18(4,5)6/h7-9,11-12H,10H2,1-6H3. The van der Waals surface area contributed by atoms with Crippen molar-refractivity contribution in [3.8, 4) is 0 Å². The van der Waals surface area contributed by atoms with E-state index in [0.29, 0.717) is 18.3 Å². The summed E-state index contributed by atoms with van der Waals surface area (Å²) < 4.78 is 13.1. The maximum absolute atomic E-state index is 5.50. The van der Waals surface area contributed by atoms with Crippen molar-refractivity contribution in [3.63, 3.8) is 0 Å². The lowest BCUT2D eigenvalue weighted by Crippen LogP contribution is -2.13. The summed E-state index contributed by atoms with van der Waals surface area (Å²) in [7, 11) is 0. The summed E-state index contributed by atoms with van der Waals surface area (Å²) in [6, 6.07) is 3.84. The Balaban J connectivity index is 1.83. The first-order valence-electron chi connectivity index (χ1n) is 8.72. The Morgan fingerprint density at radius 1 is 1.19 bits per heavy atom. The zero-order valence-corrected chi connectivity index (χ0v) is 16.9. The first-order valence-corrected chi connectivity index (χ1v) is 9.60. The van der Waals surface area contributed by atoms with Crippen molar-refractivity contribution >= 4 is 11.8 Å². The summed E-state index contributed by atoms with van der Waals surface area (Å²) in [5, 5.41) is 13.6. The van der Waals surface area contributed by atoms with E-state index in [9.17, 15) is 0 Å². The van der Waals surface area contributed by atoms with Crippen LogP contribution in [0.15, 0.2) is 32.5 Å². The lowest BCUT2D eigenvalue weighted by atomic mass is 9.96. The molecule has 0 aliphatic rings. The SMILES string of the molecule is CC(C)c1nnc(SC(C)c2nc(C(C)(C)C)no2)n1Cc1ccco1. The normalized spacial score (nSPS) is 13.5. The number of furan rings is 1. The summed E-state index contributed by atoms with van der Waals surface area (Å²) >= 11 is 1.56. The lowest BCUT2D eigenvalue weighted by Gasteiger charge is -2.12. The maximum atomic E-state index is 5.50. The molecule has 3 aromatic heterocycles. The van der Waals surface area contributed by atoms with Crippen LogP contribution in [0, 0.1) is 0 Å². The molecule has 3 rings (SSSR count). The Morgan fingerprint density at radius 3 is 2.54 bits per heavy atom. The average molecular weight is 375 g/mol. The van der Waals surface area contributed by atoms with Gasteiger partial charge < -0.3 is 8.94 Å². The fraction of sp³-hybridized carbons (Fsp3) is 0.556. The molecule has 0 aliphatic heterocycles. The van der Waals surface area contributed by atoms with Crippen LogP contribution in [-0.4, -0.2) is 24.9 Å². The molecule has 1 atom stereocenters. The zero-order valence-electron chi connectivity index (χ0n) is 16.1. The van der Waals surface area contributed by atoms with Gasteiger partial charge in [0, 0.05) is 11.3 Å². The van der Waals surface area contributed by atoms with Gasteiger partial charge in [-0.15, -0.1) is 10.2 Å². The molecule has 0 aliphatic carbocycles. The Kier molecular flexibility index (Phi) is 5.22. The molecule has 0 bridgehead atoms. The molecule has 0 radical (unpaired) electrons. The minimum Gasteiger partial charge on any atom is -0.467 e. The molecule has 1 unspecified atom stereocenters. The van der Waals surface area contributed by atoms with E-state index in [1.54, 1.807) is 18.0 Å². The van der Waals surface area contributed by atoms with E-state index in [-0.39, 0.29) is 16.6 Å². The number of aromatic nitrogens is 5. The van der Waals surface area contributed by atoms with Crippen LogP contribution in [0.5, 0.6) is 0 Å². The molecular weight excluding hydrogens is 350 g/mol. The number of hydrogen-bond donors (Lipinski definition) is 0. The topological polar surface area (TPSA) is 82.8 Å². The molecule has 140 valence electrons.